The van der Waals surface area contributed by atoms with E-state index in [0.29, 0.717) is 16.6 Å². The Balaban J connectivity index is 1.46. The van der Waals surface area contributed by atoms with Crippen LogP contribution in [0.2, 0.25) is 0 Å². The number of nitrogens with one attached hydrogen (secondary N) is 2. The molecule has 30 heavy (non-hydrogen) atoms. The number of nitrogens with zero attached hydrogens (tertiary/aromatic N) is 1. The fourth-order valence-corrected chi connectivity index (χ4v) is 4.12. The van der Waals surface area contributed by atoms with Gasteiger partial charge in [-0.1, -0.05) is 18.2 Å². The molecule has 0 bridgehead atoms. The van der Waals surface area contributed by atoms with Gasteiger partial charge in [-0.15, -0.1) is 11.3 Å². The van der Waals surface area contributed by atoms with Crippen molar-refractivity contribution in [1.29, 1.82) is 0 Å². The van der Waals surface area contributed by atoms with E-state index in [2.05, 4.69) is 15.6 Å². The summed E-state index contributed by atoms with van der Waals surface area (Å²) in [5.74, 6) is 0.890. The first-order chi connectivity index (χ1) is 14.4. The van der Waals surface area contributed by atoms with Gasteiger partial charge in [0.15, 0.2) is 18.3 Å². The van der Waals surface area contributed by atoms with E-state index in [9.17, 15) is 9.59 Å². The number of rotatable bonds is 5. The molecule has 2 amide bonds. The van der Waals surface area contributed by atoms with Crippen molar-refractivity contribution in [2.24, 2.45) is 0 Å². The van der Waals surface area contributed by atoms with Crippen LogP contribution in [0, 0.1) is 20.8 Å². The lowest BCUT2D eigenvalue weighted by atomic mass is 10.1. The summed E-state index contributed by atoms with van der Waals surface area (Å²) in [4.78, 5) is 29.4. The summed E-state index contributed by atoms with van der Waals surface area (Å²) in [5, 5.41) is 6.09. The number of amides is 2. The monoisotopic (exact) mass is 423 g/mol. The van der Waals surface area contributed by atoms with E-state index in [-0.39, 0.29) is 25.0 Å². The lowest BCUT2D eigenvalue weighted by Gasteiger charge is -2.18. The van der Waals surface area contributed by atoms with Crippen molar-refractivity contribution in [1.82, 2.24) is 4.98 Å². The molecule has 3 aromatic rings. The van der Waals surface area contributed by atoms with E-state index in [1.165, 1.54) is 11.3 Å². The van der Waals surface area contributed by atoms with Gasteiger partial charge in [0, 0.05) is 10.4 Å². The van der Waals surface area contributed by atoms with Gasteiger partial charge in [0.05, 0.1) is 11.4 Å². The van der Waals surface area contributed by atoms with E-state index in [4.69, 9.17) is 9.47 Å². The van der Waals surface area contributed by atoms with Crippen molar-refractivity contribution in [3.63, 3.8) is 0 Å². The Morgan fingerprint density at radius 1 is 1.23 bits per heavy atom. The first-order valence-corrected chi connectivity index (χ1v) is 10.3. The van der Waals surface area contributed by atoms with Crippen molar-refractivity contribution in [2.75, 3.05) is 23.8 Å². The third kappa shape index (κ3) is 4.13. The maximum atomic E-state index is 12.4. The van der Waals surface area contributed by atoms with Crippen LogP contribution >= 0.6 is 11.3 Å². The molecule has 2 N–H and O–H groups in total. The number of ether oxygens (including phenoxy) is 2. The van der Waals surface area contributed by atoms with Crippen LogP contribution in [0.1, 0.15) is 16.0 Å². The van der Waals surface area contributed by atoms with Gasteiger partial charge in [0.1, 0.15) is 11.5 Å². The van der Waals surface area contributed by atoms with Gasteiger partial charge in [0.25, 0.3) is 11.8 Å². The second kappa shape index (κ2) is 8.16. The molecule has 0 atom stereocenters. The third-order valence-electron chi connectivity index (χ3n) is 4.69. The zero-order valence-corrected chi connectivity index (χ0v) is 17.7. The molecule has 0 saturated heterocycles. The molecule has 4 rings (SSSR count). The molecular weight excluding hydrogens is 402 g/mol. The normalized spacial score (nSPS) is 12.6. The number of fused-ring (bicyclic) bond motifs is 1. The highest BCUT2D eigenvalue weighted by Crippen LogP contribution is 2.36. The molecule has 1 aliphatic heterocycles. The largest absolute Gasteiger partial charge is 0.483 e. The summed E-state index contributed by atoms with van der Waals surface area (Å²) in [7, 11) is 0. The van der Waals surface area contributed by atoms with Gasteiger partial charge in [-0.2, -0.15) is 0 Å². The van der Waals surface area contributed by atoms with Crippen LogP contribution in [0.4, 0.5) is 10.8 Å². The molecule has 0 saturated carbocycles. The molecule has 0 unspecified atom stereocenters. The Morgan fingerprint density at radius 3 is 2.77 bits per heavy atom. The topological polar surface area (TPSA) is 89.5 Å². The zero-order chi connectivity index (χ0) is 21.3. The molecule has 1 aliphatic rings. The van der Waals surface area contributed by atoms with Crippen molar-refractivity contribution in [3.05, 3.63) is 52.4 Å². The molecule has 7 nitrogen and oxygen atoms in total. The summed E-state index contributed by atoms with van der Waals surface area (Å²) in [6.07, 6.45) is 0. The molecule has 0 fully saturated rings. The highest BCUT2D eigenvalue weighted by Gasteiger charge is 2.19. The average molecular weight is 423 g/mol. The summed E-state index contributed by atoms with van der Waals surface area (Å²) in [6.45, 7) is 5.75. The van der Waals surface area contributed by atoms with Crippen LogP contribution in [0.3, 0.4) is 0 Å². The predicted molar refractivity (Wildman–Crippen MR) is 116 cm³/mol. The van der Waals surface area contributed by atoms with Crippen molar-refractivity contribution in [2.45, 2.75) is 20.8 Å². The minimum Gasteiger partial charge on any atom is -0.483 e. The highest BCUT2D eigenvalue weighted by atomic mass is 32.1. The Bertz CT molecular complexity index is 1120. The SMILES string of the molecule is Cc1cccc(C)c1OCC(=O)Nc1nc(-c2ccc3c(c2)NC(=O)CO3)c(C)s1. The number of carbonyl (C=O) groups is 2. The van der Waals surface area contributed by atoms with Crippen molar-refractivity contribution in [3.8, 4) is 22.8 Å². The van der Waals surface area contributed by atoms with Gasteiger partial charge in [-0.25, -0.2) is 4.98 Å². The number of aromatic nitrogens is 1. The lowest BCUT2D eigenvalue weighted by molar-refractivity contribution is -0.119. The number of benzene rings is 2. The fraction of sp³-hybridized carbons (Fsp3) is 0.227. The van der Waals surface area contributed by atoms with Gasteiger partial charge >= 0.3 is 0 Å². The number of para-hydroxylation sites is 1. The van der Waals surface area contributed by atoms with E-state index in [0.717, 1.165) is 33.0 Å². The lowest BCUT2D eigenvalue weighted by Crippen LogP contribution is -2.25. The summed E-state index contributed by atoms with van der Waals surface area (Å²) in [5.41, 5.74) is 4.16. The van der Waals surface area contributed by atoms with Crippen LogP contribution in [0.15, 0.2) is 36.4 Å². The first kappa shape index (κ1) is 19.9. The maximum absolute atomic E-state index is 12.4. The van der Waals surface area contributed by atoms with Gasteiger partial charge in [-0.3, -0.25) is 14.9 Å². The molecule has 2 aromatic carbocycles. The Kier molecular flexibility index (Phi) is 5.41. The van der Waals surface area contributed by atoms with Gasteiger partial charge in [0.2, 0.25) is 0 Å². The number of hydrogen-bond acceptors (Lipinski definition) is 6. The molecular formula is C22H21N3O4S. The van der Waals surface area contributed by atoms with Crippen LogP contribution in [-0.2, 0) is 9.59 Å². The second-order valence-electron chi connectivity index (χ2n) is 7.03. The summed E-state index contributed by atoms with van der Waals surface area (Å²) >= 11 is 1.39. The van der Waals surface area contributed by atoms with E-state index in [1.807, 2.05) is 51.1 Å². The molecule has 0 radical (unpaired) electrons. The smallest absolute Gasteiger partial charge is 0.264 e. The van der Waals surface area contributed by atoms with Crippen LogP contribution in [0.25, 0.3) is 11.3 Å². The second-order valence-corrected chi connectivity index (χ2v) is 8.23. The molecule has 0 aliphatic carbocycles. The summed E-state index contributed by atoms with van der Waals surface area (Å²) in [6, 6.07) is 11.4. The zero-order valence-electron chi connectivity index (χ0n) is 16.9. The van der Waals surface area contributed by atoms with E-state index < -0.39 is 0 Å². The Hall–Kier alpha value is -3.39. The van der Waals surface area contributed by atoms with Gasteiger partial charge in [-0.05, 0) is 50.1 Å². The molecule has 0 spiro atoms. The van der Waals surface area contributed by atoms with Crippen LogP contribution in [-0.4, -0.2) is 30.0 Å². The molecule has 8 heteroatoms. The Labute approximate surface area is 178 Å². The standard InChI is InChI=1S/C22H21N3O4S/c1-12-5-4-6-13(2)21(12)29-11-19(27)24-22-25-20(14(3)30-22)15-7-8-17-16(9-15)23-18(26)10-28-17/h4-9H,10-11H2,1-3H3,(H,23,26)(H,24,25,27). The predicted octanol–water partition coefficient (Wildman–Crippen LogP) is 4.08. The number of hydrogen-bond donors (Lipinski definition) is 2. The Morgan fingerprint density at radius 2 is 2.00 bits per heavy atom. The van der Waals surface area contributed by atoms with E-state index >= 15 is 0 Å². The minimum atomic E-state index is -0.274. The average Bonchev–Trinajstić information content (AvgIpc) is 3.07. The van der Waals surface area contributed by atoms with E-state index in [1.54, 1.807) is 6.07 Å². The highest BCUT2D eigenvalue weighted by molar-refractivity contribution is 7.16. The van der Waals surface area contributed by atoms with Crippen molar-refractivity contribution >= 4 is 34.0 Å². The minimum absolute atomic E-state index is 0.0162. The third-order valence-corrected chi connectivity index (χ3v) is 5.57. The first-order valence-electron chi connectivity index (χ1n) is 9.44. The molecule has 1 aromatic heterocycles. The molecule has 2 heterocycles. The number of aryl methyl sites for hydroxylation is 3. The van der Waals surface area contributed by atoms with Crippen LogP contribution in [0.5, 0.6) is 11.5 Å². The van der Waals surface area contributed by atoms with Gasteiger partial charge < -0.3 is 14.8 Å². The fourth-order valence-electron chi connectivity index (χ4n) is 3.27. The molecule has 154 valence electrons. The number of carbonyl (C=O) groups excluding carboxylic acids is 2. The van der Waals surface area contributed by atoms with Crippen molar-refractivity contribution < 1.29 is 19.1 Å². The quantitative estimate of drug-likeness (QED) is 0.645. The van der Waals surface area contributed by atoms with Crippen LogP contribution < -0.4 is 20.1 Å². The number of anilines is 2. The summed E-state index contributed by atoms with van der Waals surface area (Å²) < 4.78 is 11.1. The maximum Gasteiger partial charge on any atom is 0.264 e. The number of thiazole rings is 1.